The van der Waals surface area contributed by atoms with Crippen LogP contribution < -0.4 is 15.8 Å². The van der Waals surface area contributed by atoms with Gasteiger partial charge in [-0.3, -0.25) is 4.79 Å². The van der Waals surface area contributed by atoms with Crippen molar-refractivity contribution in [2.75, 3.05) is 17.7 Å². The van der Waals surface area contributed by atoms with Crippen LogP contribution in [0.2, 0.25) is 0 Å². The van der Waals surface area contributed by atoms with Crippen LogP contribution in [0.25, 0.3) is 0 Å². The van der Waals surface area contributed by atoms with Gasteiger partial charge in [0.25, 0.3) is 5.91 Å². The molecule has 2 aromatic carbocycles. The molecule has 0 aliphatic heterocycles. The van der Waals surface area contributed by atoms with E-state index in [1.54, 1.807) is 18.2 Å². The molecule has 0 bridgehead atoms. The van der Waals surface area contributed by atoms with Gasteiger partial charge in [0, 0.05) is 4.47 Å². The van der Waals surface area contributed by atoms with E-state index in [0.29, 0.717) is 33.8 Å². The van der Waals surface area contributed by atoms with E-state index in [2.05, 4.69) is 21.2 Å². The maximum absolute atomic E-state index is 13.0. The summed E-state index contributed by atoms with van der Waals surface area (Å²) in [5.41, 5.74) is 7.01. The number of nitrogens with two attached hydrogens (primary N) is 1. The Kier molecular flexibility index (Phi) is 4.80. The van der Waals surface area contributed by atoms with E-state index in [4.69, 9.17) is 10.5 Å². The van der Waals surface area contributed by atoms with E-state index in [0.717, 1.165) is 0 Å². The highest BCUT2D eigenvalue weighted by Crippen LogP contribution is 2.29. The number of hydrogen-bond acceptors (Lipinski definition) is 3. The van der Waals surface area contributed by atoms with Crippen molar-refractivity contribution in [2.45, 2.75) is 6.92 Å². The third-order valence-corrected chi connectivity index (χ3v) is 3.41. The molecule has 0 radical (unpaired) electrons. The van der Waals surface area contributed by atoms with Crippen molar-refractivity contribution in [3.8, 4) is 5.75 Å². The predicted octanol–water partition coefficient (Wildman–Crippen LogP) is 3.82. The maximum atomic E-state index is 13.0. The van der Waals surface area contributed by atoms with Crippen LogP contribution in [0.5, 0.6) is 5.75 Å². The van der Waals surface area contributed by atoms with Gasteiger partial charge in [0.15, 0.2) is 5.75 Å². The zero-order valence-corrected chi connectivity index (χ0v) is 12.9. The van der Waals surface area contributed by atoms with E-state index >= 15 is 0 Å². The molecule has 2 aromatic rings. The number of para-hydroxylation sites is 1. The lowest BCUT2D eigenvalue weighted by Gasteiger charge is -2.13. The summed E-state index contributed by atoms with van der Waals surface area (Å²) in [6.07, 6.45) is 0. The lowest BCUT2D eigenvalue weighted by Crippen LogP contribution is -2.15. The second kappa shape index (κ2) is 6.58. The van der Waals surface area contributed by atoms with Crippen LogP contribution in [0.15, 0.2) is 40.9 Å². The summed E-state index contributed by atoms with van der Waals surface area (Å²) < 4.78 is 18.9. The predicted molar refractivity (Wildman–Crippen MR) is 84.1 cm³/mol. The smallest absolute Gasteiger partial charge is 0.259 e. The minimum absolute atomic E-state index is 0.327. The lowest BCUT2D eigenvalue weighted by atomic mass is 10.1. The van der Waals surface area contributed by atoms with Gasteiger partial charge in [0.05, 0.1) is 23.5 Å². The van der Waals surface area contributed by atoms with Gasteiger partial charge in [0.1, 0.15) is 5.82 Å². The molecule has 4 nitrogen and oxygen atoms in total. The summed E-state index contributed by atoms with van der Waals surface area (Å²) in [6.45, 7) is 2.21. The fraction of sp³-hybridized carbons (Fsp3) is 0.133. The molecular formula is C15H14BrFN2O2. The van der Waals surface area contributed by atoms with Gasteiger partial charge in [-0.1, -0.05) is 6.07 Å². The molecule has 6 heteroatoms. The number of anilines is 2. The standard InChI is InChI=1S/C15H14BrFN2O2/c1-2-21-14-10(4-3-5-12(14)18)15(20)19-13-7-6-9(17)8-11(13)16/h3-8H,2,18H2,1H3,(H,19,20). The molecule has 0 unspecified atom stereocenters. The van der Waals surface area contributed by atoms with Crippen LogP contribution in [0.3, 0.4) is 0 Å². The first kappa shape index (κ1) is 15.3. The summed E-state index contributed by atoms with van der Waals surface area (Å²) in [6, 6.07) is 8.97. The fourth-order valence-corrected chi connectivity index (χ4v) is 2.27. The molecule has 0 heterocycles. The van der Waals surface area contributed by atoms with E-state index in [1.165, 1.54) is 18.2 Å². The Morgan fingerprint density at radius 3 is 2.81 bits per heavy atom. The Bertz CT molecular complexity index is 677. The van der Waals surface area contributed by atoms with Crippen LogP contribution >= 0.6 is 15.9 Å². The molecule has 0 saturated carbocycles. The number of benzene rings is 2. The molecule has 1 amide bonds. The first-order valence-corrected chi connectivity index (χ1v) is 7.10. The fourth-order valence-electron chi connectivity index (χ4n) is 1.82. The van der Waals surface area contributed by atoms with Crippen LogP contribution in [0, 0.1) is 5.82 Å². The van der Waals surface area contributed by atoms with Crippen molar-refractivity contribution in [2.24, 2.45) is 0 Å². The van der Waals surface area contributed by atoms with Crippen molar-refractivity contribution < 1.29 is 13.9 Å². The van der Waals surface area contributed by atoms with Gasteiger partial charge in [-0.25, -0.2) is 4.39 Å². The number of carbonyl (C=O) groups is 1. The molecule has 0 aliphatic carbocycles. The first-order chi connectivity index (χ1) is 10.0. The molecule has 0 aliphatic rings. The average molecular weight is 353 g/mol. The van der Waals surface area contributed by atoms with Gasteiger partial charge in [-0.2, -0.15) is 0 Å². The van der Waals surface area contributed by atoms with Gasteiger partial charge in [0.2, 0.25) is 0 Å². The second-order valence-corrected chi connectivity index (χ2v) is 5.09. The number of nitrogens with one attached hydrogen (secondary N) is 1. The molecule has 0 saturated heterocycles. The second-order valence-electron chi connectivity index (χ2n) is 4.24. The number of halogens is 2. The van der Waals surface area contributed by atoms with Crippen molar-refractivity contribution in [1.82, 2.24) is 0 Å². The van der Waals surface area contributed by atoms with Crippen molar-refractivity contribution in [1.29, 1.82) is 0 Å². The topological polar surface area (TPSA) is 64.3 Å². The average Bonchev–Trinajstić information content (AvgIpc) is 2.44. The third kappa shape index (κ3) is 3.52. The molecule has 0 aromatic heterocycles. The van der Waals surface area contributed by atoms with Crippen LogP contribution in [-0.4, -0.2) is 12.5 Å². The third-order valence-electron chi connectivity index (χ3n) is 2.76. The van der Waals surface area contributed by atoms with E-state index in [1.807, 2.05) is 6.92 Å². The zero-order chi connectivity index (χ0) is 15.4. The van der Waals surface area contributed by atoms with Crippen LogP contribution in [0.1, 0.15) is 17.3 Å². The minimum atomic E-state index is -0.390. The zero-order valence-electron chi connectivity index (χ0n) is 11.3. The Morgan fingerprint density at radius 1 is 1.38 bits per heavy atom. The Balaban J connectivity index is 2.30. The molecule has 110 valence electrons. The van der Waals surface area contributed by atoms with Gasteiger partial charge in [-0.15, -0.1) is 0 Å². The normalized spacial score (nSPS) is 10.2. The summed E-state index contributed by atoms with van der Waals surface area (Å²) >= 11 is 3.20. The number of amides is 1. The van der Waals surface area contributed by atoms with Gasteiger partial charge < -0.3 is 15.8 Å². The van der Waals surface area contributed by atoms with E-state index < -0.39 is 0 Å². The Hall–Kier alpha value is -2.08. The van der Waals surface area contributed by atoms with Crippen molar-refractivity contribution in [3.05, 3.63) is 52.3 Å². The lowest BCUT2D eigenvalue weighted by molar-refractivity contribution is 0.102. The summed E-state index contributed by atoms with van der Waals surface area (Å²) in [4.78, 5) is 12.3. The number of hydrogen-bond donors (Lipinski definition) is 2. The summed E-state index contributed by atoms with van der Waals surface area (Å²) in [5, 5.41) is 2.69. The van der Waals surface area contributed by atoms with Crippen molar-refractivity contribution >= 4 is 33.2 Å². The molecule has 3 N–H and O–H groups in total. The minimum Gasteiger partial charge on any atom is -0.491 e. The molecule has 21 heavy (non-hydrogen) atoms. The monoisotopic (exact) mass is 352 g/mol. The molecule has 0 atom stereocenters. The Labute approximate surface area is 130 Å². The number of nitrogen functional groups attached to an aromatic ring is 1. The quantitative estimate of drug-likeness (QED) is 0.822. The highest BCUT2D eigenvalue weighted by Gasteiger charge is 2.16. The largest absolute Gasteiger partial charge is 0.491 e. The van der Waals surface area contributed by atoms with Crippen LogP contribution in [-0.2, 0) is 0 Å². The van der Waals surface area contributed by atoms with Gasteiger partial charge in [-0.05, 0) is 53.2 Å². The van der Waals surface area contributed by atoms with Crippen LogP contribution in [0.4, 0.5) is 15.8 Å². The summed E-state index contributed by atoms with van der Waals surface area (Å²) in [5.74, 6) is -0.423. The number of carbonyl (C=O) groups excluding carboxylic acids is 1. The maximum Gasteiger partial charge on any atom is 0.259 e. The summed E-state index contributed by atoms with van der Waals surface area (Å²) in [7, 11) is 0. The molecule has 0 fully saturated rings. The first-order valence-electron chi connectivity index (χ1n) is 6.30. The van der Waals surface area contributed by atoms with E-state index in [9.17, 15) is 9.18 Å². The molecular weight excluding hydrogens is 339 g/mol. The molecule has 2 rings (SSSR count). The highest BCUT2D eigenvalue weighted by molar-refractivity contribution is 9.10. The molecule has 0 spiro atoms. The van der Waals surface area contributed by atoms with Crippen molar-refractivity contribution in [3.63, 3.8) is 0 Å². The van der Waals surface area contributed by atoms with E-state index in [-0.39, 0.29) is 11.7 Å². The SMILES string of the molecule is CCOc1c(N)cccc1C(=O)Nc1ccc(F)cc1Br. The number of rotatable bonds is 4. The van der Waals surface area contributed by atoms with Gasteiger partial charge >= 0.3 is 0 Å². The highest BCUT2D eigenvalue weighted by atomic mass is 79.9. The number of ether oxygens (including phenoxy) is 1. The Morgan fingerprint density at radius 2 is 2.14 bits per heavy atom.